The second-order valence-corrected chi connectivity index (χ2v) is 7.02. The summed E-state index contributed by atoms with van der Waals surface area (Å²) in [6, 6.07) is 17.3. The molecule has 0 N–H and O–H groups in total. The van der Waals surface area contributed by atoms with Crippen LogP contribution in [0.15, 0.2) is 59.0 Å². The van der Waals surface area contributed by atoms with E-state index in [2.05, 4.69) is 12.1 Å². The summed E-state index contributed by atoms with van der Waals surface area (Å²) in [6.07, 6.45) is 1.86. The Hall–Kier alpha value is -2.30. The average molecular weight is 370 g/mol. The second-order valence-electron chi connectivity index (χ2n) is 6.58. The molecular weight excluding hydrogens is 350 g/mol. The van der Waals surface area contributed by atoms with Crippen molar-refractivity contribution in [1.82, 2.24) is 4.90 Å². The van der Waals surface area contributed by atoms with E-state index in [4.69, 9.17) is 20.8 Å². The molecule has 0 atom stereocenters. The predicted octanol–water partition coefficient (Wildman–Crippen LogP) is 4.91. The molecule has 1 aromatic heterocycles. The van der Waals surface area contributed by atoms with Crippen molar-refractivity contribution in [1.29, 1.82) is 0 Å². The van der Waals surface area contributed by atoms with Crippen LogP contribution in [-0.4, -0.2) is 30.0 Å². The van der Waals surface area contributed by atoms with Gasteiger partial charge in [-0.25, -0.2) is 0 Å². The molecule has 1 fully saturated rings. The van der Waals surface area contributed by atoms with Gasteiger partial charge in [0.25, 0.3) is 5.91 Å². The molecule has 1 saturated heterocycles. The van der Waals surface area contributed by atoms with E-state index in [1.165, 1.54) is 5.56 Å². The Morgan fingerprint density at radius 2 is 1.88 bits per heavy atom. The number of likely N-dealkylation sites (tertiary alicyclic amines) is 1. The highest BCUT2D eigenvalue weighted by Crippen LogP contribution is 2.25. The lowest BCUT2D eigenvalue weighted by Gasteiger charge is -2.31. The lowest BCUT2D eigenvalue weighted by Crippen LogP contribution is -2.40. The van der Waals surface area contributed by atoms with E-state index in [1.54, 1.807) is 24.3 Å². The SMILES string of the molecule is O=C(c1cc2cc(Cl)ccc2o1)N1CCC(OCc2ccccc2)CC1. The molecule has 2 aromatic carbocycles. The molecule has 134 valence electrons. The number of nitrogens with zero attached hydrogens (tertiary/aromatic N) is 1. The van der Waals surface area contributed by atoms with E-state index in [0.717, 1.165) is 18.2 Å². The fraction of sp³-hybridized carbons (Fsp3) is 0.286. The highest BCUT2D eigenvalue weighted by molar-refractivity contribution is 6.31. The lowest BCUT2D eigenvalue weighted by molar-refractivity contribution is -0.000994. The number of carbonyl (C=O) groups is 1. The summed E-state index contributed by atoms with van der Waals surface area (Å²) in [4.78, 5) is 14.5. The highest BCUT2D eigenvalue weighted by Gasteiger charge is 2.26. The number of hydrogen-bond donors (Lipinski definition) is 0. The zero-order valence-electron chi connectivity index (χ0n) is 14.4. The summed E-state index contributed by atoms with van der Waals surface area (Å²) in [5.74, 6) is 0.296. The van der Waals surface area contributed by atoms with Crippen LogP contribution < -0.4 is 0 Å². The van der Waals surface area contributed by atoms with Gasteiger partial charge >= 0.3 is 0 Å². The molecule has 0 saturated carbocycles. The van der Waals surface area contributed by atoms with E-state index in [-0.39, 0.29) is 12.0 Å². The summed E-state index contributed by atoms with van der Waals surface area (Å²) in [5, 5.41) is 1.48. The first-order chi connectivity index (χ1) is 12.7. The number of fused-ring (bicyclic) bond motifs is 1. The van der Waals surface area contributed by atoms with Crippen LogP contribution in [0.5, 0.6) is 0 Å². The summed E-state index contributed by atoms with van der Waals surface area (Å²) in [5.41, 5.74) is 1.85. The molecule has 0 radical (unpaired) electrons. The van der Waals surface area contributed by atoms with E-state index in [0.29, 0.717) is 36.1 Å². The predicted molar refractivity (Wildman–Crippen MR) is 101 cm³/mol. The average Bonchev–Trinajstić information content (AvgIpc) is 3.10. The Morgan fingerprint density at radius 3 is 2.65 bits per heavy atom. The highest BCUT2D eigenvalue weighted by atomic mass is 35.5. The monoisotopic (exact) mass is 369 g/mol. The van der Waals surface area contributed by atoms with Crippen LogP contribution in [0.25, 0.3) is 11.0 Å². The molecular formula is C21H20ClNO3. The van der Waals surface area contributed by atoms with Crippen LogP contribution in [0.1, 0.15) is 29.0 Å². The Kier molecular flexibility index (Phi) is 4.96. The molecule has 0 unspecified atom stereocenters. The molecule has 1 amide bonds. The van der Waals surface area contributed by atoms with E-state index >= 15 is 0 Å². The fourth-order valence-electron chi connectivity index (χ4n) is 3.29. The molecule has 1 aliphatic rings. The number of piperidine rings is 1. The van der Waals surface area contributed by atoms with Gasteiger partial charge in [0, 0.05) is 23.5 Å². The van der Waals surface area contributed by atoms with Gasteiger partial charge < -0.3 is 14.1 Å². The van der Waals surface area contributed by atoms with E-state index < -0.39 is 0 Å². The smallest absolute Gasteiger partial charge is 0.289 e. The van der Waals surface area contributed by atoms with Crippen molar-refractivity contribution in [3.8, 4) is 0 Å². The fourth-order valence-corrected chi connectivity index (χ4v) is 3.47. The maximum absolute atomic E-state index is 12.7. The minimum atomic E-state index is -0.0705. The molecule has 0 aliphatic carbocycles. The molecule has 26 heavy (non-hydrogen) atoms. The summed E-state index contributed by atoms with van der Waals surface area (Å²) in [6.45, 7) is 1.97. The molecule has 4 nitrogen and oxygen atoms in total. The standard InChI is InChI=1S/C21H20ClNO3/c22-17-6-7-19-16(12-17)13-20(26-19)21(24)23-10-8-18(9-11-23)25-14-15-4-2-1-3-5-15/h1-7,12-13,18H,8-11,14H2. The van der Waals surface area contributed by atoms with Gasteiger partial charge in [-0.2, -0.15) is 0 Å². The van der Waals surface area contributed by atoms with Gasteiger partial charge in [0.1, 0.15) is 5.58 Å². The van der Waals surface area contributed by atoms with Crippen molar-refractivity contribution < 1.29 is 13.9 Å². The van der Waals surface area contributed by atoms with Gasteiger partial charge in [-0.3, -0.25) is 4.79 Å². The number of ether oxygens (including phenoxy) is 1. The van der Waals surface area contributed by atoms with E-state index in [9.17, 15) is 4.79 Å². The van der Waals surface area contributed by atoms with Crippen LogP contribution in [0.2, 0.25) is 5.02 Å². The Bertz CT molecular complexity index is 898. The van der Waals surface area contributed by atoms with Gasteiger partial charge in [-0.05, 0) is 42.7 Å². The number of amides is 1. The van der Waals surface area contributed by atoms with Crippen molar-refractivity contribution in [2.45, 2.75) is 25.6 Å². The number of benzene rings is 2. The summed E-state index contributed by atoms with van der Waals surface area (Å²) in [7, 11) is 0. The van der Waals surface area contributed by atoms with Crippen molar-refractivity contribution in [2.24, 2.45) is 0 Å². The van der Waals surface area contributed by atoms with Crippen molar-refractivity contribution >= 4 is 28.5 Å². The molecule has 4 rings (SSSR count). The van der Waals surface area contributed by atoms with Gasteiger partial charge in [-0.15, -0.1) is 0 Å². The first-order valence-electron chi connectivity index (χ1n) is 8.83. The largest absolute Gasteiger partial charge is 0.451 e. The molecule has 0 bridgehead atoms. The number of carbonyl (C=O) groups excluding carboxylic acids is 1. The number of halogens is 1. The van der Waals surface area contributed by atoms with Crippen LogP contribution in [0, 0.1) is 0 Å². The van der Waals surface area contributed by atoms with Crippen molar-refractivity contribution in [3.63, 3.8) is 0 Å². The normalized spacial score (nSPS) is 15.5. The zero-order chi connectivity index (χ0) is 17.9. The Labute approximate surface area is 157 Å². The number of furan rings is 1. The van der Waals surface area contributed by atoms with Crippen molar-refractivity contribution in [2.75, 3.05) is 13.1 Å². The molecule has 2 heterocycles. The van der Waals surface area contributed by atoms with Crippen LogP contribution in [0.4, 0.5) is 0 Å². The summed E-state index contributed by atoms with van der Waals surface area (Å²) >= 11 is 6.00. The lowest BCUT2D eigenvalue weighted by atomic mass is 10.1. The molecule has 0 spiro atoms. The Morgan fingerprint density at radius 1 is 1.12 bits per heavy atom. The van der Waals surface area contributed by atoms with Crippen molar-refractivity contribution in [3.05, 3.63) is 70.9 Å². The zero-order valence-corrected chi connectivity index (χ0v) is 15.1. The number of rotatable bonds is 4. The minimum Gasteiger partial charge on any atom is -0.451 e. The van der Waals surface area contributed by atoms with Crippen LogP contribution in [-0.2, 0) is 11.3 Å². The third-order valence-corrected chi connectivity index (χ3v) is 4.98. The van der Waals surface area contributed by atoms with Crippen LogP contribution in [0.3, 0.4) is 0 Å². The number of hydrogen-bond acceptors (Lipinski definition) is 3. The molecule has 3 aromatic rings. The molecule has 1 aliphatic heterocycles. The van der Waals surface area contributed by atoms with Gasteiger partial charge in [0.2, 0.25) is 0 Å². The van der Waals surface area contributed by atoms with Gasteiger partial charge in [-0.1, -0.05) is 41.9 Å². The first-order valence-corrected chi connectivity index (χ1v) is 9.21. The maximum atomic E-state index is 12.7. The third kappa shape index (κ3) is 3.76. The topological polar surface area (TPSA) is 42.7 Å². The van der Waals surface area contributed by atoms with Gasteiger partial charge in [0.15, 0.2) is 5.76 Å². The second kappa shape index (κ2) is 7.52. The van der Waals surface area contributed by atoms with Crippen LogP contribution >= 0.6 is 11.6 Å². The van der Waals surface area contributed by atoms with E-state index in [1.807, 2.05) is 23.1 Å². The minimum absolute atomic E-state index is 0.0705. The summed E-state index contributed by atoms with van der Waals surface area (Å²) < 4.78 is 11.7. The third-order valence-electron chi connectivity index (χ3n) is 4.75. The van der Waals surface area contributed by atoms with Gasteiger partial charge in [0.05, 0.1) is 12.7 Å². The molecule has 5 heteroatoms. The quantitative estimate of drug-likeness (QED) is 0.656. The first kappa shape index (κ1) is 17.1. The Balaban J connectivity index is 1.34. The maximum Gasteiger partial charge on any atom is 0.289 e.